The zero-order valence-electron chi connectivity index (χ0n) is 18.5. The van der Waals surface area contributed by atoms with Crippen molar-refractivity contribution in [2.75, 3.05) is 10.6 Å². The fourth-order valence-electron chi connectivity index (χ4n) is 4.20. The first-order chi connectivity index (χ1) is 15.8. The highest BCUT2D eigenvalue weighted by Crippen LogP contribution is 2.33. The van der Waals surface area contributed by atoms with Crippen LogP contribution in [-0.4, -0.2) is 28.7 Å². The fraction of sp³-hybridized carbons (Fsp3) is 0.320. The van der Waals surface area contributed by atoms with Crippen LogP contribution in [0.4, 0.5) is 11.4 Å². The highest BCUT2D eigenvalue weighted by Gasteiger charge is 2.42. The van der Waals surface area contributed by atoms with Crippen LogP contribution in [0.1, 0.15) is 53.6 Å². The molecule has 0 atom stereocenters. The van der Waals surface area contributed by atoms with Crippen molar-refractivity contribution in [2.45, 2.75) is 52.0 Å². The number of nitrogens with one attached hydrogen (secondary N) is 2. The maximum Gasteiger partial charge on any atom is 0.279 e. The Morgan fingerprint density at radius 1 is 0.939 bits per heavy atom. The van der Waals surface area contributed by atoms with Crippen LogP contribution in [0.3, 0.4) is 0 Å². The number of carbonyl (C=O) groups is 3. The smallest absolute Gasteiger partial charge is 0.279 e. The van der Waals surface area contributed by atoms with Gasteiger partial charge in [-0.25, -0.2) is 0 Å². The lowest BCUT2D eigenvalue weighted by molar-refractivity contribution is -0.140. The normalized spacial score (nSPS) is 17.0. The van der Waals surface area contributed by atoms with Crippen molar-refractivity contribution in [1.29, 1.82) is 0 Å². The van der Waals surface area contributed by atoms with Gasteiger partial charge in [-0.05, 0) is 62.1 Å². The van der Waals surface area contributed by atoms with Gasteiger partial charge >= 0.3 is 0 Å². The Balaban J connectivity index is 1.54. The van der Waals surface area contributed by atoms with Gasteiger partial charge in [0.2, 0.25) is 0 Å². The lowest BCUT2D eigenvalue weighted by atomic mass is 9.94. The van der Waals surface area contributed by atoms with Crippen molar-refractivity contribution in [3.05, 3.63) is 68.8 Å². The average molecular weight is 486 g/mol. The first-order valence-corrected chi connectivity index (χ1v) is 11.7. The third-order valence-corrected chi connectivity index (χ3v) is 6.95. The molecule has 33 heavy (non-hydrogen) atoms. The van der Waals surface area contributed by atoms with Gasteiger partial charge < -0.3 is 10.6 Å². The number of amides is 3. The number of carbonyl (C=O) groups excluding carboxylic acids is 3. The van der Waals surface area contributed by atoms with Gasteiger partial charge in [0.15, 0.2) is 0 Å². The lowest BCUT2D eigenvalue weighted by Crippen LogP contribution is -2.42. The summed E-state index contributed by atoms with van der Waals surface area (Å²) in [6.07, 6.45) is 4.69. The van der Waals surface area contributed by atoms with Crippen LogP contribution in [0, 0.1) is 13.8 Å². The van der Waals surface area contributed by atoms with Crippen LogP contribution in [0.15, 0.2) is 47.1 Å². The van der Waals surface area contributed by atoms with Crippen molar-refractivity contribution in [1.82, 2.24) is 4.90 Å². The summed E-state index contributed by atoms with van der Waals surface area (Å²) in [6.45, 7) is 3.73. The SMILES string of the molecule is Cc1ccc(NC(=O)c2ccc(C)c(NC3=C(Cl)C(=O)N(C4CCCCC4)C3=O)c2)cc1Cl. The van der Waals surface area contributed by atoms with Crippen LogP contribution in [0.25, 0.3) is 0 Å². The third-order valence-electron chi connectivity index (χ3n) is 6.19. The number of hydrogen-bond acceptors (Lipinski definition) is 4. The molecule has 0 aromatic heterocycles. The highest BCUT2D eigenvalue weighted by atomic mass is 35.5. The minimum atomic E-state index is -0.459. The molecular weight excluding hydrogens is 461 g/mol. The summed E-state index contributed by atoms with van der Waals surface area (Å²) in [6, 6.07) is 10.3. The molecule has 0 spiro atoms. The molecule has 6 nitrogen and oxygen atoms in total. The summed E-state index contributed by atoms with van der Waals surface area (Å²) in [5, 5.41) is 6.29. The predicted molar refractivity (Wildman–Crippen MR) is 131 cm³/mol. The van der Waals surface area contributed by atoms with Gasteiger partial charge in [0.05, 0.1) is 0 Å². The average Bonchev–Trinajstić information content (AvgIpc) is 3.01. The van der Waals surface area contributed by atoms with E-state index in [1.165, 1.54) is 4.90 Å². The number of benzene rings is 2. The Morgan fingerprint density at radius 2 is 1.64 bits per heavy atom. The number of nitrogens with zero attached hydrogens (tertiary/aromatic N) is 1. The minimum absolute atomic E-state index is 0.0539. The number of hydrogen-bond donors (Lipinski definition) is 2. The van der Waals surface area contributed by atoms with Gasteiger partial charge in [0.25, 0.3) is 17.7 Å². The molecule has 1 saturated carbocycles. The molecule has 8 heteroatoms. The summed E-state index contributed by atoms with van der Waals surface area (Å²) in [5.41, 5.74) is 3.27. The second-order valence-corrected chi connectivity index (χ2v) is 9.32. The van der Waals surface area contributed by atoms with Crippen molar-refractivity contribution in [2.24, 2.45) is 0 Å². The summed E-state index contributed by atoms with van der Waals surface area (Å²) < 4.78 is 0. The molecule has 1 aliphatic heterocycles. The Bertz CT molecular complexity index is 1170. The van der Waals surface area contributed by atoms with E-state index in [0.717, 1.165) is 43.2 Å². The van der Waals surface area contributed by atoms with Crippen molar-refractivity contribution < 1.29 is 14.4 Å². The van der Waals surface area contributed by atoms with Gasteiger partial charge in [-0.1, -0.05) is 54.6 Å². The van der Waals surface area contributed by atoms with Gasteiger partial charge in [-0.2, -0.15) is 0 Å². The molecule has 2 aromatic carbocycles. The summed E-state index contributed by atoms with van der Waals surface area (Å²) >= 11 is 12.4. The molecule has 1 aliphatic carbocycles. The van der Waals surface area contributed by atoms with Gasteiger partial charge in [0, 0.05) is 28.0 Å². The molecule has 4 rings (SSSR count). The van der Waals surface area contributed by atoms with Crippen LogP contribution < -0.4 is 10.6 Å². The molecule has 1 fully saturated rings. The van der Waals surface area contributed by atoms with E-state index in [4.69, 9.17) is 23.2 Å². The van der Waals surface area contributed by atoms with E-state index in [1.807, 2.05) is 19.9 Å². The van der Waals surface area contributed by atoms with E-state index in [0.29, 0.717) is 22.0 Å². The van der Waals surface area contributed by atoms with Gasteiger partial charge in [-0.15, -0.1) is 0 Å². The summed E-state index contributed by atoms with van der Waals surface area (Å²) in [7, 11) is 0. The van der Waals surface area contributed by atoms with Gasteiger partial charge in [-0.3, -0.25) is 19.3 Å². The maximum atomic E-state index is 13.1. The van der Waals surface area contributed by atoms with E-state index in [2.05, 4.69) is 10.6 Å². The molecular formula is C25H25Cl2N3O3. The molecule has 0 radical (unpaired) electrons. The molecule has 2 N–H and O–H groups in total. The lowest BCUT2D eigenvalue weighted by Gasteiger charge is -2.29. The first-order valence-electron chi connectivity index (χ1n) is 11.0. The summed E-state index contributed by atoms with van der Waals surface area (Å²) in [4.78, 5) is 39.9. The van der Waals surface area contributed by atoms with Crippen molar-refractivity contribution in [3.63, 3.8) is 0 Å². The maximum absolute atomic E-state index is 13.1. The van der Waals surface area contributed by atoms with Crippen LogP contribution in [-0.2, 0) is 9.59 Å². The minimum Gasteiger partial charge on any atom is -0.349 e. The van der Waals surface area contributed by atoms with Crippen LogP contribution in [0.2, 0.25) is 5.02 Å². The zero-order valence-corrected chi connectivity index (χ0v) is 20.0. The molecule has 0 unspecified atom stereocenters. The second-order valence-electron chi connectivity index (χ2n) is 8.53. The fourth-order valence-corrected chi connectivity index (χ4v) is 4.60. The highest BCUT2D eigenvalue weighted by molar-refractivity contribution is 6.48. The van der Waals surface area contributed by atoms with E-state index in [1.54, 1.807) is 30.3 Å². The third kappa shape index (κ3) is 4.77. The quantitative estimate of drug-likeness (QED) is 0.526. The first kappa shape index (κ1) is 23.3. The van der Waals surface area contributed by atoms with Crippen molar-refractivity contribution >= 4 is 52.3 Å². The monoisotopic (exact) mass is 485 g/mol. The molecule has 0 saturated heterocycles. The topological polar surface area (TPSA) is 78.5 Å². The predicted octanol–water partition coefficient (Wildman–Crippen LogP) is 5.77. The molecule has 2 aliphatic rings. The Morgan fingerprint density at radius 3 is 2.33 bits per heavy atom. The molecule has 3 amide bonds. The number of anilines is 2. The number of aryl methyl sites for hydroxylation is 2. The standard InChI is InChI=1S/C25H25Cl2N3O3/c1-14-9-11-17(13-19(14)26)28-23(31)16-10-8-15(2)20(12-16)29-22-21(27)24(32)30(25(22)33)18-6-4-3-5-7-18/h8-13,18,29H,3-7H2,1-2H3,(H,28,31). The van der Waals surface area contributed by atoms with E-state index < -0.39 is 11.8 Å². The molecule has 172 valence electrons. The van der Waals surface area contributed by atoms with E-state index >= 15 is 0 Å². The Labute approximate surface area is 202 Å². The second kappa shape index (κ2) is 9.57. The molecule has 1 heterocycles. The Kier molecular flexibility index (Phi) is 6.77. The summed E-state index contributed by atoms with van der Waals surface area (Å²) in [5.74, 6) is -1.20. The Hall–Kier alpha value is -2.83. The number of imide groups is 1. The molecule has 0 bridgehead atoms. The molecule has 2 aromatic rings. The van der Waals surface area contributed by atoms with Crippen LogP contribution >= 0.6 is 23.2 Å². The zero-order chi connectivity index (χ0) is 23.7. The van der Waals surface area contributed by atoms with E-state index in [9.17, 15) is 14.4 Å². The van der Waals surface area contributed by atoms with Gasteiger partial charge in [0.1, 0.15) is 10.7 Å². The number of rotatable bonds is 5. The van der Waals surface area contributed by atoms with E-state index in [-0.39, 0.29) is 22.7 Å². The van der Waals surface area contributed by atoms with Crippen LogP contribution in [0.5, 0.6) is 0 Å². The van der Waals surface area contributed by atoms with Crippen molar-refractivity contribution in [3.8, 4) is 0 Å². The number of halogens is 2. The largest absolute Gasteiger partial charge is 0.349 e.